The average Bonchev–Trinajstić information content (AvgIpc) is 3.10. The van der Waals surface area contributed by atoms with Crippen molar-refractivity contribution in [1.82, 2.24) is 25.0 Å². The first-order valence-corrected chi connectivity index (χ1v) is 11.6. The minimum absolute atomic E-state index is 0. The fourth-order valence-electron chi connectivity index (χ4n) is 4.41. The molecule has 3 heterocycles. The van der Waals surface area contributed by atoms with E-state index < -0.39 is 0 Å². The first-order chi connectivity index (χ1) is 13.9. The molecule has 1 N–H and O–H groups in total. The second-order valence-corrected chi connectivity index (χ2v) is 9.92. The van der Waals surface area contributed by atoms with Gasteiger partial charge in [-0.1, -0.05) is 13.8 Å². The van der Waals surface area contributed by atoms with E-state index in [1.165, 1.54) is 11.3 Å². The van der Waals surface area contributed by atoms with Gasteiger partial charge in [-0.15, -0.1) is 35.3 Å². The second kappa shape index (κ2) is 12.2. The van der Waals surface area contributed by atoms with Crippen molar-refractivity contribution in [2.75, 3.05) is 59.4 Å². The molecule has 2 aliphatic heterocycles. The van der Waals surface area contributed by atoms with E-state index in [0.717, 1.165) is 63.2 Å². The van der Waals surface area contributed by atoms with Gasteiger partial charge < -0.3 is 15.1 Å². The van der Waals surface area contributed by atoms with Gasteiger partial charge in [0.1, 0.15) is 0 Å². The van der Waals surface area contributed by atoms with Crippen LogP contribution in [0.2, 0.25) is 0 Å². The maximum Gasteiger partial charge on any atom is 0.236 e. The smallest absolute Gasteiger partial charge is 0.236 e. The van der Waals surface area contributed by atoms with Crippen LogP contribution in [-0.4, -0.2) is 91.0 Å². The number of hydrogen-bond acceptors (Lipinski definition) is 5. The lowest BCUT2D eigenvalue weighted by Gasteiger charge is -2.39. The lowest BCUT2D eigenvalue weighted by atomic mass is 9.92. The minimum atomic E-state index is 0. The highest BCUT2D eigenvalue weighted by molar-refractivity contribution is 14.0. The number of thiazole rings is 1. The molecule has 30 heavy (non-hydrogen) atoms. The van der Waals surface area contributed by atoms with E-state index in [1.807, 2.05) is 13.2 Å². The van der Waals surface area contributed by atoms with Crippen LogP contribution in [0, 0.1) is 18.8 Å². The molecule has 2 fully saturated rings. The summed E-state index contributed by atoms with van der Waals surface area (Å²) in [4.78, 5) is 29.5. The quantitative estimate of drug-likeness (QED) is 0.348. The van der Waals surface area contributed by atoms with E-state index in [9.17, 15) is 4.79 Å². The normalized spacial score (nSPS) is 23.3. The third-order valence-corrected chi connectivity index (χ3v) is 6.73. The Hall–Kier alpha value is -0.940. The lowest BCUT2D eigenvalue weighted by molar-refractivity contribution is -0.135. The van der Waals surface area contributed by atoms with Crippen LogP contribution in [0.4, 0.5) is 0 Å². The Balaban J connectivity index is 0.00000320. The van der Waals surface area contributed by atoms with Gasteiger partial charge in [-0.3, -0.25) is 14.7 Å². The summed E-state index contributed by atoms with van der Waals surface area (Å²) >= 11 is 1.75. The van der Waals surface area contributed by atoms with Crippen LogP contribution in [0.5, 0.6) is 0 Å². The third-order valence-electron chi connectivity index (χ3n) is 5.76. The molecule has 0 bridgehead atoms. The Morgan fingerprint density at radius 1 is 1.20 bits per heavy atom. The van der Waals surface area contributed by atoms with Gasteiger partial charge in [0.05, 0.1) is 11.6 Å². The number of carbonyl (C=O) groups is 1. The molecule has 0 saturated carbocycles. The molecule has 0 radical (unpaired) electrons. The van der Waals surface area contributed by atoms with Crippen LogP contribution in [0.25, 0.3) is 0 Å². The van der Waals surface area contributed by atoms with Crippen molar-refractivity contribution < 1.29 is 4.79 Å². The largest absolute Gasteiger partial charge is 0.356 e. The summed E-state index contributed by atoms with van der Waals surface area (Å²) < 4.78 is 0. The number of aliphatic imine (C=N–C) groups is 1. The maximum absolute atomic E-state index is 12.7. The molecule has 9 heteroatoms. The highest BCUT2D eigenvalue weighted by atomic mass is 127. The van der Waals surface area contributed by atoms with E-state index in [0.29, 0.717) is 18.4 Å². The van der Waals surface area contributed by atoms with Gasteiger partial charge in [0.25, 0.3) is 0 Å². The Kier molecular flexibility index (Phi) is 10.3. The van der Waals surface area contributed by atoms with Crippen LogP contribution in [0.3, 0.4) is 0 Å². The lowest BCUT2D eigenvalue weighted by Crippen LogP contribution is -2.55. The molecule has 7 nitrogen and oxygen atoms in total. The Morgan fingerprint density at radius 3 is 2.43 bits per heavy atom. The van der Waals surface area contributed by atoms with Crippen molar-refractivity contribution in [1.29, 1.82) is 0 Å². The summed E-state index contributed by atoms with van der Waals surface area (Å²) in [7, 11) is 1.84. The molecule has 2 atom stereocenters. The first-order valence-electron chi connectivity index (χ1n) is 10.8. The number of nitrogens with one attached hydrogen (secondary N) is 1. The average molecular weight is 549 g/mol. The molecule has 3 rings (SSSR count). The topological polar surface area (TPSA) is 64.1 Å². The monoisotopic (exact) mass is 548 g/mol. The van der Waals surface area contributed by atoms with Crippen LogP contribution < -0.4 is 5.32 Å². The fourth-order valence-corrected chi connectivity index (χ4v) is 5.19. The highest BCUT2D eigenvalue weighted by Crippen LogP contribution is 2.21. The molecular formula is C21H37IN6OS. The number of amides is 1. The van der Waals surface area contributed by atoms with Gasteiger partial charge in [0.2, 0.25) is 5.91 Å². The third kappa shape index (κ3) is 7.33. The molecule has 2 aliphatic rings. The number of halogens is 1. The van der Waals surface area contributed by atoms with E-state index >= 15 is 0 Å². The van der Waals surface area contributed by atoms with Crippen LogP contribution in [0.15, 0.2) is 11.2 Å². The summed E-state index contributed by atoms with van der Waals surface area (Å²) in [5.74, 6) is 2.46. The molecule has 1 amide bonds. The molecule has 1 aromatic heterocycles. The van der Waals surface area contributed by atoms with Crippen molar-refractivity contribution in [2.45, 2.75) is 33.6 Å². The van der Waals surface area contributed by atoms with E-state index in [4.69, 9.17) is 0 Å². The minimum Gasteiger partial charge on any atom is -0.356 e. The number of carbonyl (C=O) groups excluding carboxylic acids is 1. The standard InChI is InChI=1S/C21H36N6OS.HI/c1-16-11-17(2)14-27(13-16)20(28)15-25-7-9-26(10-8-25)21(22-4)23-6-5-19-24-12-18(3)29-19;/h12,16-17H,5-11,13-15H2,1-4H3,(H,22,23);1H. The van der Waals surface area contributed by atoms with Gasteiger partial charge in [0, 0.05) is 70.4 Å². The van der Waals surface area contributed by atoms with Crippen molar-refractivity contribution >= 4 is 47.2 Å². The van der Waals surface area contributed by atoms with E-state index in [2.05, 4.69) is 50.8 Å². The number of piperidine rings is 1. The van der Waals surface area contributed by atoms with Crippen molar-refractivity contribution in [2.24, 2.45) is 16.8 Å². The number of hydrogen-bond donors (Lipinski definition) is 1. The second-order valence-electron chi connectivity index (χ2n) is 8.60. The molecule has 0 spiro atoms. The number of rotatable bonds is 5. The SMILES string of the molecule is CN=C(NCCc1ncc(C)s1)N1CCN(CC(=O)N2CC(C)CC(C)C2)CC1.I. The fraction of sp³-hybridized carbons (Fsp3) is 0.762. The zero-order valence-electron chi connectivity index (χ0n) is 18.8. The molecule has 0 aliphatic carbocycles. The number of guanidine groups is 1. The Bertz CT molecular complexity index is 693. The van der Waals surface area contributed by atoms with E-state index in [1.54, 1.807) is 11.3 Å². The summed E-state index contributed by atoms with van der Waals surface area (Å²) in [6.45, 7) is 13.4. The number of aryl methyl sites for hydroxylation is 1. The van der Waals surface area contributed by atoms with Gasteiger partial charge in [0.15, 0.2) is 5.96 Å². The van der Waals surface area contributed by atoms with Gasteiger partial charge in [-0.25, -0.2) is 4.98 Å². The molecule has 170 valence electrons. The van der Waals surface area contributed by atoms with Gasteiger partial charge in [-0.2, -0.15) is 0 Å². The summed E-state index contributed by atoms with van der Waals surface area (Å²) in [6.07, 6.45) is 4.08. The van der Waals surface area contributed by atoms with E-state index in [-0.39, 0.29) is 29.9 Å². The van der Waals surface area contributed by atoms with Gasteiger partial charge >= 0.3 is 0 Å². The molecule has 2 unspecified atom stereocenters. The summed E-state index contributed by atoms with van der Waals surface area (Å²) in [5, 5.41) is 4.62. The van der Waals surface area contributed by atoms with Crippen LogP contribution in [-0.2, 0) is 11.2 Å². The van der Waals surface area contributed by atoms with Crippen LogP contribution >= 0.6 is 35.3 Å². The van der Waals surface area contributed by atoms with Gasteiger partial charge in [-0.05, 0) is 25.2 Å². The number of aromatic nitrogens is 1. The molecular weight excluding hydrogens is 511 g/mol. The summed E-state index contributed by atoms with van der Waals surface area (Å²) in [5.41, 5.74) is 0. The molecule has 0 aromatic carbocycles. The first kappa shape index (κ1) is 25.3. The van der Waals surface area contributed by atoms with Crippen molar-refractivity contribution in [3.8, 4) is 0 Å². The van der Waals surface area contributed by atoms with Crippen molar-refractivity contribution in [3.63, 3.8) is 0 Å². The number of nitrogens with zero attached hydrogens (tertiary/aromatic N) is 5. The Morgan fingerprint density at radius 2 is 1.87 bits per heavy atom. The predicted octanol–water partition coefficient (Wildman–Crippen LogP) is 2.31. The molecule has 2 saturated heterocycles. The summed E-state index contributed by atoms with van der Waals surface area (Å²) in [6, 6.07) is 0. The zero-order chi connectivity index (χ0) is 20.8. The Labute approximate surface area is 202 Å². The maximum atomic E-state index is 12.7. The van der Waals surface area contributed by atoms with Crippen molar-refractivity contribution in [3.05, 3.63) is 16.1 Å². The number of likely N-dealkylation sites (tertiary alicyclic amines) is 1. The molecule has 1 aromatic rings. The number of piperazine rings is 1. The highest BCUT2D eigenvalue weighted by Gasteiger charge is 2.28. The van der Waals surface area contributed by atoms with Crippen LogP contribution in [0.1, 0.15) is 30.2 Å². The predicted molar refractivity (Wildman–Crippen MR) is 135 cm³/mol. The zero-order valence-corrected chi connectivity index (χ0v) is 21.9.